The number of nitrogens with two attached hydrogens (primary N) is 1. The van der Waals surface area contributed by atoms with Gasteiger partial charge in [0.1, 0.15) is 12.4 Å². The maximum Gasteiger partial charge on any atom is 0.318 e. The number of likely N-dealkylation sites (N-methyl/N-ethyl adjacent to an activating group) is 1. The summed E-state index contributed by atoms with van der Waals surface area (Å²) in [4.78, 5) is 44.5. The van der Waals surface area contributed by atoms with E-state index in [1.54, 1.807) is 25.1 Å². The zero-order valence-electron chi connectivity index (χ0n) is 26.1. The van der Waals surface area contributed by atoms with Gasteiger partial charge in [-0.25, -0.2) is 0 Å². The molecule has 43 heavy (non-hydrogen) atoms. The van der Waals surface area contributed by atoms with E-state index in [0.29, 0.717) is 51.3 Å². The number of fused-ring (bicyclic) bond motifs is 1. The lowest BCUT2D eigenvalue weighted by molar-refractivity contribution is -0.129. The van der Waals surface area contributed by atoms with E-state index in [1.165, 1.54) is 6.21 Å². The van der Waals surface area contributed by atoms with Gasteiger partial charge >= 0.3 is 6.01 Å². The largest absolute Gasteiger partial charge is 0.463 e. The molecule has 0 bridgehead atoms. The second-order valence-corrected chi connectivity index (χ2v) is 11.5. The Morgan fingerprint density at radius 2 is 1.74 bits per heavy atom. The van der Waals surface area contributed by atoms with E-state index in [1.807, 2.05) is 49.0 Å². The van der Waals surface area contributed by atoms with Crippen LogP contribution in [0.2, 0.25) is 0 Å². The van der Waals surface area contributed by atoms with Crippen LogP contribution in [-0.4, -0.2) is 123 Å². The standard InChI is InChI=1S/C31H45N9O3/c1-22-8-9-25(33)24(21-32)29(22)39-14-10-23-26(11-15-39)34-31(43-20-12-27(41)37(4)5)35-30(23)40-18-16-38(17-19-40)28(42)7-6-13-36(2)3/h6-9,21,32H,10-20,33H2,1-5H3/b7-6+,32-21?. The highest BCUT2D eigenvalue weighted by molar-refractivity contribution is 5.94. The number of ether oxygens (including phenoxy) is 1. The van der Waals surface area contributed by atoms with Crippen molar-refractivity contribution in [2.24, 2.45) is 0 Å². The number of rotatable bonds is 10. The van der Waals surface area contributed by atoms with Crippen LogP contribution >= 0.6 is 0 Å². The van der Waals surface area contributed by atoms with Gasteiger partial charge in [0, 0.05) is 95.4 Å². The van der Waals surface area contributed by atoms with Crippen molar-refractivity contribution in [1.82, 2.24) is 24.7 Å². The highest BCUT2D eigenvalue weighted by atomic mass is 16.5. The molecule has 0 saturated carbocycles. The lowest BCUT2D eigenvalue weighted by Crippen LogP contribution is -2.49. The van der Waals surface area contributed by atoms with Gasteiger partial charge in [0.2, 0.25) is 11.8 Å². The average Bonchev–Trinajstić information content (AvgIpc) is 3.20. The molecule has 3 heterocycles. The molecule has 12 heteroatoms. The van der Waals surface area contributed by atoms with Gasteiger partial charge in [-0.1, -0.05) is 12.1 Å². The minimum Gasteiger partial charge on any atom is -0.463 e. The molecule has 2 amide bonds. The molecule has 1 saturated heterocycles. The third-order valence-corrected chi connectivity index (χ3v) is 7.88. The molecule has 232 valence electrons. The van der Waals surface area contributed by atoms with Crippen LogP contribution in [0.1, 0.15) is 28.8 Å². The zero-order chi connectivity index (χ0) is 31.1. The number of piperazine rings is 1. The number of benzene rings is 1. The van der Waals surface area contributed by atoms with Crippen molar-refractivity contribution >= 4 is 35.2 Å². The summed E-state index contributed by atoms with van der Waals surface area (Å²) in [5, 5.41) is 8.01. The lowest BCUT2D eigenvalue weighted by Gasteiger charge is -2.36. The number of nitrogens with one attached hydrogen (secondary N) is 1. The van der Waals surface area contributed by atoms with Crippen LogP contribution in [0, 0.1) is 12.3 Å². The SMILES string of the molecule is Cc1ccc(N)c(C=N)c1N1CCc2nc(OCCC(=O)N(C)C)nc(N3CCN(C(=O)/C=C/CN(C)C)CC3)c2CC1. The number of amides is 2. The number of hydrogen-bond donors (Lipinski definition) is 2. The van der Waals surface area contributed by atoms with Gasteiger partial charge in [-0.2, -0.15) is 9.97 Å². The minimum atomic E-state index is -0.0226. The first-order valence-electron chi connectivity index (χ1n) is 14.8. The number of aryl methyl sites for hydroxylation is 1. The summed E-state index contributed by atoms with van der Waals surface area (Å²) >= 11 is 0. The normalized spacial score (nSPS) is 15.4. The van der Waals surface area contributed by atoms with Gasteiger partial charge in [0.25, 0.3) is 0 Å². The average molecular weight is 592 g/mol. The Kier molecular flexibility index (Phi) is 10.6. The molecular formula is C31H45N9O3. The molecule has 2 aliphatic heterocycles. The summed E-state index contributed by atoms with van der Waals surface area (Å²) < 4.78 is 5.94. The summed E-state index contributed by atoms with van der Waals surface area (Å²) in [5.74, 6) is 0.825. The fraction of sp³-hybridized carbons (Fsp3) is 0.516. The van der Waals surface area contributed by atoms with Crippen molar-refractivity contribution in [3.05, 3.63) is 46.7 Å². The van der Waals surface area contributed by atoms with E-state index in [0.717, 1.165) is 47.0 Å². The van der Waals surface area contributed by atoms with Gasteiger partial charge < -0.3 is 40.4 Å². The molecule has 0 aliphatic carbocycles. The smallest absolute Gasteiger partial charge is 0.318 e. The Labute approximate surface area is 254 Å². The molecule has 0 unspecified atom stereocenters. The highest BCUT2D eigenvalue weighted by Crippen LogP contribution is 2.33. The van der Waals surface area contributed by atoms with Crippen molar-refractivity contribution in [2.75, 3.05) is 96.1 Å². The Morgan fingerprint density at radius 3 is 2.42 bits per heavy atom. The molecule has 0 radical (unpaired) electrons. The van der Waals surface area contributed by atoms with E-state index in [-0.39, 0.29) is 30.9 Å². The number of aromatic nitrogens is 2. The van der Waals surface area contributed by atoms with E-state index >= 15 is 0 Å². The Hall–Kier alpha value is -4.19. The van der Waals surface area contributed by atoms with Crippen molar-refractivity contribution in [3.63, 3.8) is 0 Å². The topological polar surface area (TPSA) is 135 Å². The van der Waals surface area contributed by atoms with Gasteiger partial charge in [0.05, 0.1) is 17.8 Å². The molecule has 0 atom stereocenters. The predicted molar refractivity (Wildman–Crippen MR) is 170 cm³/mol. The summed E-state index contributed by atoms with van der Waals surface area (Å²) in [6.07, 6.45) is 6.49. The molecule has 4 rings (SSSR count). The predicted octanol–water partition coefficient (Wildman–Crippen LogP) is 1.59. The van der Waals surface area contributed by atoms with Crippen molar-refractivity contribution in [2.45, 2.75) is 26.2 Å². The molecule has 12 nitrogen and oxygen atoms in total. The number of nitrogens with zero attached hydrogens (tertiary/aromatic N) is 7. The molecule has 2 aromatic rings. The minimum absolute atomic E-state index is 0.0211. The first kappa shape index (κ1) is 31.7. The van der Waals surface area contributed by atoms with Crippen molar-refractivity contribution in [1.29, 1.82) is 5.41 Å². The molecule has 0 spiro atoms. The van der Waals surface area contributed by atoms with Crippen molar-refractivity contribution < 1.29 is 14.3 Å². The number of hydrogen-bond acceptors (Lipinski definition) is 10. The number of anilines is 3. The van der Waals surface area contributed by atoms with Gasteiger partial charge in [-0.3, -0.25) is 9.59 Å². The quantitative estimate of drug-likeness (QED) is 0.240. The fourth-order valence-corrected chi connectivity index (χ4v) is 5.47. The Morgan fingerprint density at radius 1 is 1.02 bits per heavy atom. The second-order valence-electron chi connectivity index (χ2n) is 11.5. The summed E-state index contributed by atoms with van der Waals surface area (Å²) in [6, 6.07) is 4.11. The molecule has 1 aromatic heterocycles. The lowest BCUT2D eigenvalue weighted by atomic mass is 10.0. The third-order valence-electron chi connectivity index (χ3n) is 7.88. The summed E-state index contributed by atoms with van der Waals surface area (Å²) in [7, 11) is 7.39. The molecule has 1 aromatic carbocycles. The molecular weight excluding hydrogens is 546 g/mol. The van der Waals surface area contributed by atoms with Crippen LogP contribution in [0.5, 0.6) is 6.01 Å². The van der Waals surface area contributed by atoms with Crippen LogP contribution in [-0.2, 0) is 22.4 Å². The van der Waals surface area contributed by atoms with Crippen LogP contribution in [0.15, 0.2) is 24.3 Å². The van der Waals surface area contributed by atoms with E-state index in [4.69, 9.17) is 25.8 Å². The van der Waals surface area contributed by atoms with Crippen LogP contribution in [0.25, 0.3) is 0 Å². The van der Waals surface area contributed by atoms with E-state index in [9.17, 15) is 9.59 Å². The molecule has 3 N–H and O–H groups in total. The first-order chi connectivity index (χ1) is 20.6. The highest BCUT2D eigenvalue weighted by Gasteiger charge is 2.28. The summed E-state index contributed by atoms with van der Waals surface area (Å²) in [6.45, 7) is 6.85. The van der Waals surface area contributed by atoms with Gasteiger partial charge in [-0.05, 0) is 39.1 Å². The zero-order valence-corrected chi connectivity index (χ0v) is 26.1. The van der Waals surface area contributed by atoms with E-state index < -0.39 is 0 Å². The maximum absolute atomic E-state index is 12.7. The van der Waals surface area contributed by atoms with Gasteiger partial charge in [-0.15, -0.1) is 0 Å². The molecule has 1 fully saturated rings. The van der Waals surface area contributed by atoms with Gasteiger partial charge in [0.15, 0.2) is 0 Å². The van der Waals surface area contributed by atoms with Crippen LogP contribution in [0.3, 0.4) is 0 Å². The number of nitrogen functional groups attached to an aromatic ring is 1. The number of carbonyl (C=O) groups is 2. The van der Waals surface area contributed by atoms with E-state index in [2.05, 4.69) is 9.80 Å². The molecule has 2 aliphatic rings. The number of carbonyl (C=O) groups excluding carboxylic acids is 2. The third kappa shape index (κ3) is 7.81. The van der Waals surface area contributed by atoms with Crippen LogP contribution < -0.4 is 20.3 Å². The van der Waals surface area contributed by atoms with Crippen molar-refractivity contribution in [3.8, 4) is 6.01 Å². The monoisotopic (exact) mass is 591 g/mol. The van der Waals surface area contributed by atoms with Crippen LogP contribution in [0.4, 0.5) is 17.2 Å². The maximum atomic E-state index is 12.7. The first-order valence-corrected chi connectivity index (χ1v) is 14.8. The Bertz CT molecular complexity index is 1350. The summed E-state index contributed by atoms with van der Waals surface area (Å²) in [5.41, 5.74) is 11.6. The Balaban J connectivity index is 1.57. The second kappa shape index (κ2) is 14.3. The fourth-order valence-electron chi connectivity index (χ4n) is 5.47.